The molecule has 1 heterocycles. The van der Waals surface area contributed by atoms with Crippen LogP contribution in [0.1, 0.15) is 12.8 Å². The molecule has 0 saturated carbocycles. The third kappa shape index (κ3) is 3.97. The van der Waals surface area contributed by atoms with Crippen LogP contribution in [0.15, 0.2) is 22.7 Å². The molecular formula is C15H19BrFN3O2. The molecule has 0 aromatic heterocycles. The van der Waals surface area contributed by atoms with Crippen molar-refractivity contribution in [2.24, 2.45) is 5.92 Å². The van der Waals surface area contributed by atoms with Crippen LogP contribution in [0.5, 0.6) is 0 Å². The van der Waals surface area contributed by atoms with E-state index in [-0.39, 0.29) is 23.5 Å². The van der Waals surface area contributed by atoms with Crippen LogP contribution >= 0.6 is 15.9 Å². The number of hydrogen-bond acceptors (Lipinski definition) is 2. The highest BCUT2D eigenvalue weighted by molar-refractivity contribution is 9.10. The van der Waals surface area contributed by atoms with Crippen molar-refractivity contribution in [1.82, 2.24) is 9.80 Å². The summed E-state index contributed by atoms with van der Waals surface area (Å²) in [5.74, 6) is -1.06. The number of nitrogens with one attached hydrogen (secondary N) is 1. The molecule has 1 N–H and O–H groups in total. The largest absolute Gasteiger partial charge is 0.331 e. The average Bonchev–Trinajstić information content (AvgIpc) is 2.49. The molecule has 0 aliphatic carbocycles. The fraction of sp³-hybridized carbons (Fsp3) is 0.467. The van der Waals surface area contributed by atoms with Gasteiger partial charge in [-0.3, -0.25) is 4.79 Å². The van der Waals surface area contributed by atoms with Gasteiger partial charge in [-0.05, 0) is 31.0 Å². The van der Waals surface area contributed by atoms with E-state index in [0.717, 1.165) is 6.42 Å². The van der Waals surface area contributed by atoms with Crippen LogP contribution in [0.2, 0.25) is 0 Å². The number of halogens is 2. The van der Waals surface area contributed by atoms with Crippen LogP contribution in [0.25, 0.3) is 0 Å². The van der Waals surface area contributed by atoms with E-state index in [0.29, 0.717) is 24.0 Å². The molecular weight excluding hydrogens is 353 g/mol. The minimum atomic E-state index is -0.486. The molecule has 0 radical (unpaired) electrons. The van der Waals surface area contributed by atoms with Crippen molar-refractivity contribution in [3.63, 3.8) is 0 Å². The summed E-state index contributed by atoms with van der Waals surface area (Å²) in [7, 11) is 3.37. The van der Waals surface area contributed by atoms with Crippen LogP contribution < -0.4 is 5.32 Å². The number of rotatable bonds is 2. The number of carbonyl (C=O) groups is 2. The zero-order valence-electron chi connectivity index (χ0n) is 12.6. The Bertz CT molecular complexity index is 580. The number of anilines is 1. The van der Waals surface area contributed by atoms with Crippen molar-refractivity contribution in [2.45, 2.75) is 12.8 Å². The second kappa shape index (κ2) is 7.09. The first kappa shape index (κ1) is 16.7. The Morgan fingerprint density at radius 2 is 2.14 bits per heavy atom. The molecule has 3 amide bonds. The van der Waals surface area contributed by atoms with Crippen molar-refractivity contribution in [1.29, 1.82) is 0 Å². The smallest absolute Gasteiger partial charge is 0.319 e. The summed E-state index contributed by atoms with van der Waals surface area (Å²) in [6.07, 6.45) is 1.46. The van der Waals surface area contributed by atoms with Gasteiger partial charge in [0.1, 0.15) is 5.82 Å². The zero-order chi connectivity index (χ0) is 16.3. The minimum absolute atomic E-state index is 0.104. The topological polar surface area (TPSA) is 52.7 Å². The molecule has 5 nitrogen and oxygen atoms in total. The Hall–Kier alpha value is -1.63. The van der Waals surface area contributed by atoms with Crippen molar-refractivity contribution >= 4 is 33.6 Å². The zero-order valence-corrected chi connectivity index (χ0v) is 14.2. The number of amides is 3. The molecule has 120 valence electrons. The highest BCUT2D eigenvalue weighted by Gasteiger charge is 2.29. The van der Waals surface area contributed by atoms with Crippen molar-refractivity contribution in [2.75, 3.05) is 32.5 Å². The molecule has 0 bridgehead atoms. The lowest BCUT2D eigenvalue weighted by molar-refractivity contribution is -0.121. The number of nitrogens with zero attached hydrogens (tertiary/aromatic N) is 2. The van der Waals surface area contributed by atoms with Gasteiger partial charge >= 0.3 is 6.03 Å². The first-order valence-corrected chi connectivity index (χ1v) is 7.90. The van der Waals surface area contributed by atoms with Gasteiger partial charge in [0.2, 0.25) is 5.91 Å². The van der Waals surface area contributed by atoms with E-state index in [1.165, 1.54) is 17.0 Å². The maximum Gasteiger partial charge on any atom is 0.319 e. The van der Waals surface area contributed by atoms with Gasteiger partial charge in [-0.1, -0.05) is 15.9 Å². The fourth-order valence-electron chi connectivity index (χ4n) is 2.47. The maximum atomic E-state index is 13.8. The van der Waals surface area contributed by atoms with Gasteiger partial charge in [0, 0.05) is 31.7 Å². The van der Waals surface area contributed by atoms with Crippen LogP contribution in [-0.4, -0.2) is 48.9 Å². The van der Waals surface area contributed by atoms with Crippen molar-refractivity contribution in [3.8, 4) is 0 Å². The Balaban J connectivity index is 2.01. The van der Waals surface area contributed by atoms with E-state index in [1.54, 1.807) is 25.1 Å². The molecule has 7 heteroatoms. The summed E-state index contributed by atoms with van der Waals surface area (Å²) >= 11 is 3.17. The number of piperidine rings is 1. The molecule has 0 spiro atoms. The third-order valence-electron chi connectivity index (χ3n) is 3.63. The van der Waals surface area contributed by atoms with E-state index in [2.05, 4.69) is 21.2 Å². The van der Waals surface area contributed by atoms with E-state index >= 15 is 0 Å². The van der Waals surface area contributed by atoms with E-state index in [4.69, 9.17) is 0 Å². The standard InChI is InChI=1S/C15H19BrFN3O2/c1-19(2)15(22)20-7-3-4-10(9-20)14(21)18-13-6-5-11(16)8-12(13)17/h5-6,8,10H,3-4,7,9H2,1-2H3,(H,18,21). The van der Waals surface area contributed by atoms with Crippen molar-refractivity contribution < 1.29 is 14.0 Å². The first-order chi connectivity index (χ1) is 10.4. The average molecular weight is 372 g/mol. The number of likely N-dealkylation sites (tertiary alicyclic amines) is 1. The van der Waals surface area contributed by atoms with Gasteiger partial charge in [0.25, 0.3) is 0 Å². The summed E-state index contributed by atoms with van der Waals surface area (Å²) in [6, 6.07) is 4.38. The Morgan fingerprint density at radius 3 is 2.77 bits per heavy atom. The Morgan fingerprint density at radius 1 is 1.41 bits per heavy atom. The van der Waals surface area contributed by atoms with Gasteiger partial charge in [-0.2, -0.15) is 0 Å². The van der Waals surface area contributed by atoms with Gasteiger partial charge in [0.15, 0.2) is 0 Å². The second-order valence-corrected chi connectivity index (χ2v) is 6.49. The molecule has 1 aliphatic rings. The van der Waals surface area contributed by atoms with Crippen molar-refractivity contribution in [3.05, 3.63) is 28.5 Å². The molecule has 1 aromatic rings. The Kier molecular flexibility index (Phi) is 5.39. The SMILES string of the molecule is CN(C)C(=O)N1CCCC(C(=O)Nc2ccc(Br)cc2F)C1. The lowest BCUT2D eigenvalue weighted by Crippen LogP contribution is -2.47. The third-order valence-corrected chi connectivity index (χ3v) is 4.13. The quantitative estimate of drug-likeness (QED) is 0.868. The molecule has 22 heavy (non-hydrogen) atoms. The van der Waals surface area contributed by atoms with Crippen LogP contribution in [0.3, 0.4) is 0 Å². The highest BCUT2D eigenvalue weighted by Crippen LogP contribution is 2.22. The van der Waals surface area contributed by atoms with Crippen LogP contribution in [0, 0.1) is 11.7 Å². The molecule has 1 aromatic carbocycles. The van der Waals surface area contributed by atoms with Crippen LogP contribution in [0.4, 0.5) is 14.9 Å². The van der Waals surface area contributed by atoms with Crippen LogP contribution in [-0.2, 0) is 4.79 Å². The van der Waals surface area contributed by atoms with Gasteiger partial charge in [-0.15, -0.1) is 0 Å². The maximum absolute atomic E-state index is 13.8. The predicted octanol–water partition coefficient (Wildman–Crippen LogP) is 2.92. The number of benzene rings is 1. The lowest BCUT2D eigenvalue weighted by Gasteiger charge is -2.33. The highest BCUT2D eigenvalue weighted by atomic mass is 79.9. The molecule has 1 atom stereocenters. The van der Waals surface area contributed by atoms with E-state index in [9.17, 15) is 14.0 Å². The molecule has 1 aliphatic heterocycles. The fourth-order valence-corrected chi connectivity index (χ4v) is 2.81. The molecule has 1 saturated heterocycles. The van der Waals surface area contributed by atoms with E-state index < -0.39 is 5.82 Å². The predicted molar refractivity (Wildman–Crippen MR) is 86.1 cm³/mol. The van der Waals surface area contributed by atoms with Gasteiger partial charge in [-0.25, -0.2) is 9.18 Å². The number of hydrogen-bond donors (Lipinski definition) is 1. The minimum Gasteiger partial charge on any atom is -0.331 e. The molecule has 2 rings (SSSR count). The van der Waals surface area contributed by atoms with Gasteiger partial charge < -0.3 is 15.1 Å². The first-order valence-electron chi connectivity index (χ1n) is 7.10. The number of urea groups is 1. The monoisotopic (exact) mass is 371 g/mol. The van der Waals surface area contributed by atoms with Gasteiger partial charge in [0.05, 0.1) is 11.6 Å². The number of carbonyl (C=O) groups excluding carboxylic acids is 2. The lowest BCUT2D eigenvalue weighted by atomic mass is 9.97. The molecule has 1 fully saturated rings. The Labute approximate surface area is 137 Å². The van der Waals surface area contributed by atoms with E-state index in [1.807, 2.05) is 0 Å². The summed E-state index contributed by atoms with van der Waals surface area (Å²) < 4.78 is 14.4. The summed E-state index contributed by atoms with van der Waals surface area (Å²) in [4.78, 5) is 27.4. The normalized spacial score (nSPS) is 18.0. The summed E-state index contributed by atoms with van der Waals surface area (Å²) in [5, 5.41) is 2.61. The summed E-state index contributed by atoms with van der Waals surface area (Å²) in [6.45, 7) is 1.01. The second-order valence-electron chi connectivity index (χ2n) is 5.58. The summed E-state index contributed by atoms with van der Waals surface area (Å²) in [5.41, 5.74) is 0.157. The molecule has 1 unspecified atom stereocenters.